The Morgan fingerprint density at radius 1 is 1.00 bits per heavy atom. The Labute approximate surface area is 126 Å². The van der Waals surface area contributed by atoms with Crippen LogP contribution in [0.5, 0.6) is 11.5 Å². The Balaban J connectivity index is 1.88. The molecule has 0 spiro atoms. The largest absolute Gasteiger partial charge is 0.454 e. The van der Waals surface area contributed by atoms with Crippen LogP contribution in [0.25, 0.3) is 22.2 Å². The van der Waals surface area contributed by atoms with Crippen LogP contribution in [0, 0.1) is 0 Å². The van der Waals surface area contributed by atoms with Crippen LogP contribution in [0.3, 0.4) is 0 Å². The molecule has 5 rings (SSSR count). The lowest BCUT2D eigenvalue weighted by atomic mass is 9.88. The summed E-state index contributed by atoms with van der Waals surface area (Å²) in [6.45, 7) is 0.211. The zero-order chi connectivity index (χ0) is 14.7. The monoisotopic (exact) mass is 291 g/mol. The lowest BCUT2D eigenvalue weighted by molar-refractivity contribution is 0.174. The molecule has 4 nitrogen and oxygen atoms in total. The Bertz CT molecular complexity index is 988. The third kappa shape index (κ3) is 1.49. The molecule has 1 aromatic heterocycles. The first-order valence-corrected chi connectivity index (χ1v) is 7.38. The molecule has 0 saturated carbocycles. The van der Waals surface area contributed by atoms with Crippen molar-refractivity contribution >= 4 is 10.9 Å². The molecule has 0 radical (unpaired) electrons. The SMILES string of the molecule is O=c1c2c([nH]c3cc4c(cc13)OCO4)-c1ccccc1CC2. The Morgan fingerprint density at radius 2 is 1.82 bits per heavy atom. The van der Waals surface area contributed by atoms with E-state index in [1.165, 1.54) is 5.56 Å². The highest BCUT2D eigenvalue weighted by molar-refractivity contribution is 5.87. The van der Waals surface area contributed by atoms with E-state index in [-0.39, 0.29) is 12.2 Å². The smallest absolute Gasteiger partial charge is 0.231 e. The van der Waals surface area contributed by atoms with Crippen LogP contribution in [-0.4, -0.2) is 11.8 Å². The molecule has 2 aromatic carbocycles. The predicted molar refractivity (Wildman–Crippen MR) is 83.5 cm³/mol. The number of benzene rings is 2. The highest BCUT2D eigenvalue weighted by atomic mass is 16.7. The van der Waals surface area contributed by atoms with E-state index in [0.29, 0.717) is 16.9 Å². The first-order valence-electron chi connectivity index (χ1n) is 7.38. The van der Waals surface area contributed by atoms with Gasteiger partial charge in [-0.15, -0.1) is 0 Å². The lowest BCUT2D eigenvalue weighted by Gasteiger charge is -2.19. The van der Waals surface area contributed by atoms with E-state index >= 15 is 0 Å². The minimum absolute atomic E-state index is 0.0940. The zero-order valence-electron chi connectivity index (χ0n) is 11.8. The molecular formula is C18H13NO3. The number of ether oxygens (including phenoxy) is 2. The molecule has 2 heterocycles. The number of nitrogens with one attached hydrogen (secondary N) is 1. The van der Waals surface area contributed by atoms with Crippen LogP contribution in [0.2, 0.25) is 0 Å². The van der Waals surface area contributed by atoms with Gasteiger partial charge in [0.2, 0.25) is 6.79 Å². The van der Waals surface area contributed by atoms with Crippen LogP contribution in [-0.2, 0) is 12.8 Å². The van der Waals surface area contributed by atoms with E-state index in [0.717, 1.165) is 35.2 Å². The molecule has 0 bridgehead atoms. The van der Waals surface area contributed by atoms with Crippen LogP contribution < -0.4 is 14.9 Å². The summed E-state index contributed by atoms with van der Waals surface area (Å²) in [7, 11) is 0. The summed E-state index contributed by atoms with van der Waals surface area (Å²) < 4.78 is 10.8. The quantitative estimate of drug-likeness (QED) is 0.692. The Hall–Kier alpha value is -2.75. The molecule has 0 unspecified atom stereocenters. The minimum Gasteiger partial charge on any atom is -0.454 e. The third-order valence-electron chi connectivity index (χ3n) is 4.52. The van der Waals surface area contributed by atoms with Gasteiger partial charge in [-0.2, -0.15) is 0 Å². The second-order valence-corrected chi connectivity index (χ2v) is 5.72. The van der Waals surface area contributed by atoms with Crippen LogP contribution in [0.4, 0.5) is 0 Å². The van der Waals surface area contributed by atoms with Gasteiger partial charge >= 0.3 is 0 Å². The van der Waals surface area contributed by atoms with E-state index in [2.05, 4.69) is 17.1 Å². The summed E-state index contributed by atoms with van der Waals surface area (Å²) >= 11 is 0. The second kappa shape index (κ2) is 4.13. The molecule has 0 saturated heterocycles. The number of aromatic nitrogens is 1. The van der Waals surface area contributed by atoms with Gasteiger partial charge in [0.15, 0.2) is 16.9 Å². The van der Waals surface area contributed by atoms with Gasteiger partial charge in [-0.05, 0) is 24.5 Å². The van der Waals surface area contributed by atoms with E-state index in [9.17, 15) is 4.79 Å². The number of hydrogen-bond acceptors (Lipinski definition) is 3. The fourth-order valence-electron chi connectivity index (χ4n) is 3.43. The normalized spacial score (nSPS) is 14.7. The second-order valence-electron chi connectivity index (χ2n) is 5.72. The number of hydrogen-bond donors (Lipinski definition) is 1. The first kappa shape index (κ1) is 11.9. The fourth-order valence-corrected chi connectivity index (χ4v) is 3.43. The van der Waals surface area contributed by atoms with Gasteiger partial charge in [0.05, 0.1) is 11.2 Å². The summed E-state index contributed by atoms with van der Waals surface area (Å²) in [6.07, 6.45) is 1.67. The highest BCUT2D eigenvalue weighted by Crippen LogP contribution is 2.37. The van der Waals surface area contributed by atoms with Crippen molar-refractivity contribution in [2.45, 2.75) is 12.8 Å². The molecule has 0 fully saturated rings. The van der Waals surface area contributed by atoms with Crippen molar-refractivity contribution in [2.24, 2.45) is 0 Å². The predicted octanol–water partition coefficient (Wildman–Crippen LogP) is 3.02. The highest BCUT2D eigenvalue weighted by Gasteiger charge is 2.22. The standard InChI is InChI=1S/C18H13NO3/c20-18-12-6-5-10-3-1-2-4-11(10)17(12)19-14-8-16-15(7-13(14)18)21-9-22-16/h1-4,7-8H,5-6,9H2,(H,19,20). The van der Waals surface area contributed by atoms with E-state index in [1.54, 1.807) is 6.07 Å². The van der Waals surface area contributed by atoms with Crippen molar-refractivity contribution in [3.63, 3.8) is 0 Å². The van der Waals surface area contributed by atoms with Gasteiger partial charge < -0.3 is 14.5 Å². The number of fused-ring (bicyclic) bond motifs is 5. The van der Waals surface area contributed by atoms with Gasteiger partial charge in [-0.3, -0.25) is 4.79 Å². The van der Waals surface area contributed by atoms with E-state index in [1.807, 2.05) is 18.2 Å². The van der Waals surface area contributed by atoms with Crippen molar-refractivity contribution in [1.82, 2.24) is 4.98 Å². The Morgan fingerprint density at radius 3 is 2.73 bits per heavy atom. The third-order valence-corrected chi connectivity index (χ3v) is 4.52. The topological polar surface area (TPSA) is 51.3 Å². The molecule has 1 aliphatic carbocycles. The van der Waals surface area contributed by atoms with Gasteiger partial charge in [0.1, 0.15) is 0 Å². The summed E-state index contributed by atoms with van der Waals surface area (Å²) in [5.41, 5.74) is 5.11. The fraction of sp³-hybridized carbons (Fsp3) is 0.167. The molecule has 4 heteroatoms. The van der Waals surface area contributed by atoms with Gasteiger partial charge in [0.25, 0.3) is 0 Å². The minimum atomic E-state index is 0.0940. The van der Waals surface area contributed by atoms with Crippen molar-refractivity contribution < 1.29 is 9.47 Å². The number of pyridine rings is 1. The van der Waals surface area contributed by atoms with Gasteiger partial charge in [-0.25, -0.2) is 0 Å². The molecular weight excluding hydrogens is 278 g/mol. The number of aryl methyl sites for hydroxylation is 1. The molecule has 1 N–H and O–H groups in total. The zero-order valence-corrected chi connectivity index (χ0v) is 11.8. The van der Waals surface area contributed by atoms with Crippen molar-refractivity contribution in [3.8, 4) is 22.8 Å². The molecule has 3 aromatic rings. The average molecular weight is 291 g/mol. The molecule has 1 aliphatic heterocycles. The number of aromatic amines is 1. The van der Waals surface area contributed by atoms with Crippen LogP contribution >= 0.6 is 0 Å². The first-order chi connectivity index (χ1) is 10.8. The molecule has 108 valence electrons. The summed E-state index contributed by atoms with van der Waals surface area (Å²) in [5.74, 6) is 1.33. The average Bonchev–Trinajstić information content (AvgIpc) is 3.01. The van der Waals surface area contributed by atoms with E-state index in [4.69, 9.17) is 9.47 Å². The summed E-state index contributed by atoms with van der Waals surface area (Å²) in [4.78, 5) is 16.3. The number of rotatable bonds is 0. The van der Waals surface area contributed by atoms with Crippen molar-refractivity contribution in [3.05, 3.63) is 57.7 Å². The van der Waals surface area contributed by atoms with Crippen LogP contribution in [0.15, 0.2) is 41.2 Å². The van der Waals surface area contributed by atoms with Crippen LogP contribution in [0.1, 0.15) is 11.1 Å². The van der Waals surface area contributed by atoms with Gasteiger partial charge in [-0.1, -0.05) is 24.3 Å². The Kier molecular flexibility index (Phi) is 2.23. The summed E-state index contributed by atoms with van der Waals surface area (Å²) in [5, 5.41) is 0.669. The van der Waals surface area contributed by atoms with Crippen molar-refractivity contribution in [2.75, 3.05) is 6.79 Å². The summed E-state index contributed by atoms with van der Waals surface area (Å²) in [6, 6.07) is 11.9. The van der Waals surface area contributed by atoms with E-state index < -0.39 is 0 Å². The lowest BCUT2D eigenvalue weighted by Crippen LogP contribution is -2.17. The maximum absolute atomic E-state index is 12.9. The molecule has 22 heavy (non-hydrogen) atoms. The maximum Gasteiger partial charge on any atom is 0.231 e. The maximum atomic E-state index is 12.9. The number of H-pyrrole nitrogens is 1. The van der Waals surface area contributed by atoms with Gasteiger partial charge in [0, 0.05) is 22.6 Å². The molecule has 2 aliphatic rings. The van der Waals surface area contributed by atoms with Crippen molar-refractivity contribution in [1.29, 1.82) is 0 Å². The molecule has 0 atom stereocenters. The molecule has 0 amide bonds.